The second-order valence-corrected chi connectivity index (χ2v) is 7.15. The number of hydrogen-bond donors (Lipinski definition) is 1. The Labute approximate surface area is 175 Å². The summed E-state index contributed by atoms with van der Waals surface area (Å²) in [4.78, 5) is 16.8. The van der Waals surface area contributed by atoms with Crippen molar-refractivity contribution in [2.24, 2.45) is 0 Å². The maximum atomic E-state index is 12.7. The van der Waals surface area contributed by atoms with E-state index in [-0.39, 0.29) is 5.91 Å². The van der Waals surface area contributed by atoms with Crippen LogP contribution in [0.2, 0.25) is 0 Å². The number of carbonyl (C=O) groups is 1. The van der Waals surface area contributed by atoms with E-state index in [2.05, 4.69) is 10.3 Å². The fourth-order valence-corrected chi connectivity index (χ4v) is 3.60. The van der Waals surface area contributed by atoms with Crippen molar-refractivity contribution >= 4 is 17.2 Å². The monoisotopic (exact) mass is 436 g/mol. The Morgan fingerprint density at radius 2 is 1.77 bits per heavy atom. The van der Waals surface area contributed by atoms with Crippen LogP contribution in [0.25, 0.3) is 10.6 Å². The Kier molecular flexibility index (Phi) is 6.61. The average Bonchev–Trinajstić information content (AvgIpc) is 3.21. The quantitative estimate of drug-likeness (QED) is 0.577. The summed E-state index contributed by atoms with van der Waals surface area (Å²) in [6, 6.07) is 9.79. The van der Waals surface area contributed by atoms with Gasteiger partial charge in [0.05, 0.1) is 25.5 Å². The van der Waals surface area contributed by atoms with Gasteiger partial charge >= 0.3 is 6.18 Å². The van der Waals surface area contributed by atoms with Crippen molar-refractivity contribution in [3.8, 4) is 22.1 Å². The van der Waals surface area contributed by atoms with Gasteiger partial charge in [-0.3, -0.25) is 4.79 Å². The molecule has 158 valence electrons. The predicted molar refractivity (Wildman–Crippen MR) is 108 cm³/mol. The molecular formula is C21H19F3N2O3S. The molecular weight excluding hydrogens is 417 g/mol. The van der Waals surface area contributed by atoms with Gasteiger partial charge in [-0.25, -0.2) is 4.98 Å². The molecule has 0 aliphatic rings. The smallest absolute Gasteiger partial charge is 0.416 e. The number of amides is 1. The lowest BCUT2D eigenvalue weighted by molar-refractivity contribution is -0.137. The molecule has 0 saturated heterocycles. The number of nitrogens with one attached hydrogen (secondary N) is 1. The van der Waals surface area contributed by atoms with Gasteiger partial charge in [-0.2, -0.15) is 13.2 Å². The Morgan fingerprint density at radius 1 is 1.07 bits per heavy atom. The van der Waals surface area contributed by atoms with Gasteiger partial charge in [0, 0.05) is 29.5 Å². The highest BCUT2D eigenvalue weighted by atomic mass is 32.1. The third kappa shape index (κ3) is 5.10. The molecule has 0 saturated carbocycles. The lowest BCUT2D eigenvalue weighted by atomic mass is 10.1. The van der Waals surface area contributed by atoms with Crippen LogP contribution in [0.4, 0.5) is 13.2 Å². The van der Waals surface area contributed by atoms with Crippen molar-refractivity contribution in [2.75, 3.05) is 20.8 Å². The van der Waals surface area contributed by atoms with Crippen LogP contribution in [-0.2, 0) is 12.6 Å². The van der Waals surface area contributed by atoms with Crippen molar-refractivity contribution in [3.05, 3.63) is 64.7 Å². The maximum Gasteiger partial charge on any atom is 0.416 e. The number of aromatic nitrogens is 1. The molecule has 0 fully saturated rings. The number of nitrogens with zero attached hydrogens (tertiary/aromatic N) is 1. The molecule has 9 heteroatoms. The molecule has 1 amide bonds. The minimum Gasteiger partial charge on any atom is -0.493 e. The van der Waals surface area contributed by atoms with Crippen LogP contribution in [0.3, 0.4) is 0 Å². The second kappa shape index (κ2) is 9.17. The van der Waals surface area contributed by atoms with Crippen LogP contribution in [0.15, 0.2) is 47.8 Å². The number of thiazole rings is 1. The predicted octanol–water partition coefficient (Wildman–Crippen LogP) is 4.82. The average molecular weight is 436 g/mol. The number of hydrogen-bond acceptors (Lipinski definition) is 5. The molecule has 3 rings (SSSR count). The molecule has 5 nitrogen and oxygen atoms in total. The lowest BCUT2D eigenvalue weighted by Gasteiger charge is -2.09. The summed E-state index contributed by atoms with van der Waals surface area (Å²) < 4.78 is 48.4. The van der Waals surface area contributed by atoms with Gasteiger partial charge < -0.3 is 14.8 Å². The molecule has 0 unspecified atom stereocenters. The van der Waals surface area contributed by atoms with E-state index in [0.29, 0.717) is 40.6 Å². The van der Waals surface area contributed by atoms with Crippen molar-refractivity contribution in [2.45, 2.75) is 12.6 Å². The number of benzene rings is 2. The SMILES string of the molecule is COc1ccc(C(=O)NCCc2csc(-c3ccc(C(F)(F)F)cc3)n2)cc1OC. The molecule has 1 N–H and O–H groups in total. The van der Waals surface area contributed by atoms with Gasteiger partial charge in [-0.15, -0.1) is 11.3 Å². The van der Waals surface area contributed by atoms with E-state index in [9.17, 15) is 18.0 Å². The van der Waals surface area contributed by atoms with Crippen LogP contribution in [-0.4, -0.2) is 31.7 Å². The fourth-order valence-electron chi connectivity index (χ4n) is 2.74. The Hall–Kier alpha value is -3.07. The summed E-state index contributed by atoms with van der Waals surface area (Å²) in [6.45, 7) is 0.364. The summed E-state index contributed by atoms with van der Waals surface area (Å²) in [5.74, 6) is 0.743. The lowest BCUT2D eigenvalue weighted by Crippen LogP contribution is -2.25. The normalized spacial score (nSPS) is 11.2. The van der Waals surface area contributed by atoms with Crippen molar-refractivity contribution in [1.29, 1.82) is 0 Å². The van der Waals surface area contributed by atoms with E-state index in [4.69, 9.17) is 9.47 Å². The van der Waals surface area contributed by atoms with Crippen LogP contribution in [0, 0.1) is 0 Å². The van der Waals surface area contributed by atoms with E-state index in [0.717, 1.165) is 17.8 Å². The Bertz CT molecular complexity index is 1020. The van der Waals surface area contributed by atoms with E-state index >= 15 is 0 Å². The van der Waals surface area contributed by atoms with Crippen molar-refractivity contribution in [3.63, 3.8) is 0 Å². The first kappa shape index (κ1) is 21.6. The van der Waals surface area contributed by atoms with Gasteiger partial charge in [-0.1, -0.05) is 12.1 Å². The zero-order valence-electron chi connectivity index (χ0n) is 16.2. The van der Waals surface area contributed by atoms with Gasteiger partial charge in [0.25, 0.3) is 5.91 Å². The van der Waals surface area contributed by atoms with E-state index in [1.165, 1.54) is 37.7 Å². The molecule has 3 aromatic rings. The molecule has 1 heterocycles. The second-order valence-electron chi connectivity index (χ2n) is 6.29. The first-order valence-corrected chi connectivity index (χ1v) is 9.82. The van der Waals surface area contributed by atoms with Gasteiger partial charge in [-0.05, 0) is 30.3 Å². The Balaban J connectivity index is 1.57. The molecule has 2 aromatic carbocycles. The summed E-state index contributed by atoms with van der Waals surface area (Å²) in [5, 5.41) is 5.27. The van der Waals surface area contributed by atoms with Gasteiger partial charge in [0.1, 0.15) is 5.01 Å². The number of methoxy groups -OCH3 is 2. The van der Waals surface area contributed by atoms with Crippen molar-refractivity contribution < 1.29 is 27.4 Å². The number of alkyl halides is 3. The number of carbonyl (C=O) groups excluding carboxylic acids is 1. The number of rotatable bonds is 7. The largest absolute Gasteiger partial charge is 0.493 e. The van der Waals surface area contributed by atoms with E-state index < -0.39 is 11.7 Å². The molecule has 0 radical (unpaired) electrons. The molecule has 0 spiro atoms. The van der Waals surface area contributed by atoms with Gasteiger partial charge in [0.2, 0.25) is 0 Å². The van der Waals surface area contributed by atoms with E-state index in [1.807, 2.05) is 5.38 Å². The van der Waals surface area contributed by atoms with E-state index in [1.54, 1.807) is 18.2 Å². The fraction of sp³-hybridized carbons (Fsp3) is 0.238. The van der Waals surface area contributed by atoms with Gasteiger partial charge in [0.15, 0.2) is 11.5 Å². The van der Waals surface area contributed by atoms with Crippen molar-refractivity contribution in [1.82, 2.24) is 10.3 Å². The molecule has 1 aromatic heterocycles. The third-order valence-electron chi connectivity index (χ3n) is 4.32. The Morgan fingerprint density at radius 3 is 2.40 bits per heavy atom. The highest BCUT2D eigenvalue weighted by Crippen LogP contribution is 2.32. The minimum absolute atomic E-state index is 0.255. The standard InChI is InChI=1S/C21H19F3N2O3S/c1-28-17-8-5-14(11-18(17)29-2)19(27)25-10-9-16-12-30-20(26-16)13-3-6-15(7-4-13)21(22,23)24/h3-8,11-12H,9-10H2,1-2H3,(H,25,27). The minimum atomic E-state index is -4.36. The van der Waals surface area contributed by atoms with Crippen LogP contribution in [0.5, 0.6) is 11.5 Å². The first-order valence-electron chi connectivity index (χ1n) is 8.94. The topological polar surface area (TPSA) is 60.5 Å². The molecule has 0 bridgehead atoms. The highest BCUT2D eigenvalue weighted by molar-refractivity contribution is 7.13. The van der Waals surface area contributed by atoms with Crippen LogP contribution in [0.1, 0.15) is 21.6 Å². The molecule has 0 aliphatic heterocycles. The number of halogens is 3. The maximum absolute atomic E-state index is 12.7. The van der Waals surface area contributed by atoms with Crippen LogP contribution >= 0.6 is 11.3 Å². The highest BCUT2D eigenvalue weighted by Gasteiger charge is 2.30. The molecule has 0 aliphatic carbocycles. The summed E-state index contributed by atoms with van der Waals surface area (Å²) >= 11 is 1.34. The molecule has 30 heavy (non-hydrogen) atoms. The summed E-state index contributed by atoms with van der Waals surface area (Å²) in [5.41, 5.74) is 1.12. The van der Waals surface area contributed by atoms with Crippen LogP contribution < -0.4 is 14.8 Å². The first-order chi connectivity index (χ1) is 14.3. The zero-order valence-corrected chi connectivity index (χ0v) is 17.1. The summed E-state index contributed by atoms with van der Waals surface area (Å²) in [6.07, 6.45) is -3.87. The number of ether oxygens (including phenoxy) is 2. The summed E-state index contributed by atoms with van der Waals surface area (Å²) in [7, 11) is 3.01. The third-order valence-corrected chi connectivity index (χ3v) is 5.26. The molecule has 0 atom stereocenters. The zero-order chi connectivity index (χ0) is 21.7.